The Hall–Kier alpha value is -1.30. The number of amides is 1. The fourth-order valence-corrected chi connectivity index (χ4v) is 2.38. The van der Waals surface area contributed by atoms with E-state index in [1.54, 1.807) is 7.11 Å². The molecule has 1 heterocycles. The molecule has 1 saturated heterocycles. The van der Waals surface area contributed by atoms with Gasteiger partial charge in [-0.1, -0.05) is 12.1 Å². The molecule has 1 atom stereocenters. The number of carbonyl (C=O) groups is 1. The van der Waals surface area contributed by atoms with Gasteiger partial charge in [0.1, 0.15) is 12.4 Å². The monoisotopic (exact) mass is 328 g/mol. The zero-order chi connectivity index (χ0) is 15.1. The molecule has 5 nitrogen and oxygen atoms in total. The molecule has 22 heavy (non-hydrogen) atoms. The van der Waals surface area contributed by atoms with E-state index in [1.807, 2.05) is 25.1 Å². The van der Waals surface area contributed by atoms with Crippen LogP contribution in [0.4, 0.5) is 0 Å². The molecule has 1 unspecified atom stereocenters. The minimum Gasteiger partial charge on any atom is -0.491 e. The number of halogens is 1. The molecular formula is C16H25ClN2O3. The van der Waals surface area contributed by atoms with E-state index in [9.17, 15) is 4.79 Å². The largest absolute Gasteiger partial charge is 0.491 e. The molecular weight excluding hydrogens is 304 g/mol. The summed E-state index contributed by atoms with van der Waals surface area (Å²) in [5, 5.41) is 6.21. The zero-order valence-corrected chi connectivity index (χ0v) is 14.0. The van der Waals surface area contributed by atoms with Crippen molar-refractivity contribution in [2.24, 2.45) is 5.92 Å². The first-order valence-corrected chi connectivity index (χ1v) is 7.40. The molecule has 0 aliphatic carbocycles. The Kier molecular flexibility index (Phi) is 8.24. The van der Waals surface area contributed by atoms with E-state index in [4.69, 9.17) is 9.47 Å². The Morgan fingerprint density at radius 3 is 2.91 bits per heavy atom. The molecule has 1 fully saturated rings. The highest BCUT2D eigenvalue weighted by molar-refractivity contribution is 5.85. The van der Waals surface area contributed by atoms with E-state index >= 15 is 0 Å². The molecule has 2 rings (SSSR count). The average Bonchev–Trinajstić information content (AvgIpc) is 3.00. The summed E-state index contributed by atoms with van der Waals surface area (Å²) in [6.07, 6.45) is 0.914. The Morgan fingerprint density at radius 2 is 2.23 bits per heavy atom. The maximum Gasteiger partial charge on any atom is 0.224 e. The third-order valence-corrected chi connectivity index (χ3v) is 3.65. The quantitative estimate of drug-likeness (QED) is 0.748. The van der Waals surface area contributed by atoms with Crippen molar-refractivity contribution in [3.63, 3.8) is 0 Å². The molecule has 0 aromatic heterocycles. The van der Waals surface area contributed by atoms with Crippen molar-refractivity contribution in [3.8, 4) is 5.75 Å². The molecule has 2 N–H and O–H groups in total. The first kappa shape index (κ1) is 18.7. The van der Waals surface area contributed by atoms with Crippen molar-refractivity contribution in [2.45, 2.75) is 19.9 Å². The maximum atomic E-state index is 12.0. The van der Waals surface area contributed by atoms with Gasteiger partial charge in [0.25, 0.3) is 0 Å². The van der Waals surface area contributed by atoms with Gasteiger partial charge in [-0.2, -0.15) is 0 Å². The maximum absolute atomic E-state index is 12.0. The standard InChI is InChI=1S/C16H24N2O3.ClH/c1-12-3-4-13(15(9-12)21-8-7-20-2)11-18-16(19)14-5-6-17-10-14;/h3-4,9,14,17H,5-8,10-11H2,1-2H3,(H,18,19);1H. The third-order valence-electron chi connectivity index (χ3n) is 3.65. The van der Waals surface area contributed by atoms with Gasteiger partial charge < -0.3 is 20.1 Å². The van der Waals surface area contributed by atoms with Gasteiger partial charge in [0.15, 0.2) is 0 Å². The topological polar surface area (TPSA) is 59.6 Å². The lowest BCUT2D eigenvalue weighted by Gasteiger charge is -2.14. The minimum atomic E-state index is 0. The van der Waals surface area contributed by atoms with E-state index in [2.05, 4.69) is 10.6 Å². The molecule has 0 spiro atoms. The first-order chi connectivity index (χ1) is 10.2. The molecule has 0 radical (unpaired) electrons. The normalized spacial score (nSPS) is 16.9. The van der Waals surface area contributed by atoms with E-state index < -0.39 is 0 Å². The minimum absolute atomic E-state index is 0. The van der Waals surface area contributed by atoms with Crippen LogP contribution in [0.5, 0.6) is 5.75 Å². The summed E-state index contributed by atoms with van der Waals surface area (Å²) in [6, 6.07) is 6.03. The zero-order valence-electron chi connectivity index (χ0n) is 13.2. The van der Waals surface area contributed by atoms with Crippen LogP contribution in [0.1, 0.15) is 17.5 Å². The van der Waals surface area contributed by atoms with Gasteiger partial charge in [0.2, 0.25) is 5.91 Å². The summed E-state index contributed by atoms with van der Waals surface area (Å²) >= 11 is 0. The van der Waals surface area contributed by atoms with Crippen LogP contribution in [-0.2, 0) is 16.1 Å². The van der Waals surface area contributed by atoms with Crippen LogP contribution in [0.15, 0.2) is 18.2 Å². The van der Waals surface area contributed by atoms with Gasteiger partial charge in [-0.3, -0.25) is 4.79 Å². The highest BCUT2D eigenvalue weighted by Gasteiger charge is 2.22. The second-order valence-corrected chi connectivity index (χ2v) is 5.36. The Labute approximate surface area is 138 Å². The molecule has 1 aliphatic heterocycles. The second kappa shape index (κ2) is 9.66. The smallest absolute Gasteiger partial charge is 0.224 e. The molecule has 124 valence electrons. The summed E-state index contributed by atoms with van der Waals surface area (Å²) < 4.78 is 10.7. The third kappa shape index (κ3) is 5.48. The SMILES string of the molecule is COCCOc1cc(C)ccc1CNC(=O)C1CCNC1.Cl. The number of hydrogen-bond acceptors (Lipinski definition) is 4. The fourth-order valence-electron chi connectivity index (χ4n) is 2.38. The number of rotatable bonds is 7. The fraction of sp³-hybridized carbons (Fsp3) is 0.562. The molecule has 6 heteroatoms. The molecule has 0 bridgehead atoms. The van der Waals surface area contributed by atoms with Gasteiger partial charge in [-0.15, -0.1) is 12.4 Å². The van der Waals surface area contributed by atoms with Crippen LogP contribution >= 0.6 is 12.4 Å². The predicted octanol–water partition coefficient (Wildman–Crippen LogP) is 1.67. The number of benzene rings is 1. The first-order valence-electron chi connectivity index (χ1n) is 7.40. The lowest BCUT2D eigenvalue weighted by atomic mass is 10.1. The number of ether oxygens (including phenoxy) is 2. The van der Waals surface area contributed by atoms with Crippen molar-refractivity contribution < 1.29 is 14.3 Å². The predicted molar refractivity (Wildman–Crippen MR) is 88.6 cm³/mol. The van der Waals surface area contributed by atoms with Crippen LogP contribution in [0.3, 0.4) is 0 Å². The van der Waals surface area contributed by atoms with Crippen molar-refractivity contribution in [1.29, 1.82) is 0 Å². The van der Waals surface area contributed by atoms with E-state index in [1.165, 1.54) is 0 Å². The van der Waals surface area contributed by atoms with Crippen LogP contribution in [0.25, 0.3) is 0 Å². The molecule has 1 aromatic rings. The second-order valence-electron chi connectivity index (χ2n) is 5.36. The molecule has 1 aliphatic rings. The number of methoxy groups -OCH3 is 1. The summed E-state index contributed by atoms with van der Waals surface area (Å²) in [4.78, 5) is 12.0. The van der Waals surface area contributed by atoms with Crippen molar-refractivity contribution >= 4 is 18.3 Å². The van der Waals surface area contributed by atoms with Crippen LogP contribution in [-0.4, -0.2) is 39.3 Å². The number of nitrogens with one attached hydrogen (secondary N) is 2. The number of aryl methyl sites for hydroxylation is 1. The van der Waals surface area contributed by atoms with Crippen molar-refractivity contribution in [2.75, 3.05) is 33.4 Å². The Balaban J connectivity index is 0.00000242. The summed E-state index contributed by atoms with van der Waals surface area (Å²) in [7, 11) is 1.65. The molecule has 0 saturated carbocycles. The highest BCUT2D eigenvalue weighted by atomic mass is 35.5. The van der Waals surface area contributed by atoms with Crippen LogP contribution in [0.2, 0.25) is 0 Å². The Morgan fingerprint density at radius 1 is 1.41 bits per heavy atom. The van der Waals surface area contributed by atoms with Crippen molar-refractivity contribution in [1.82, 2.24) is 10.6 Å². The lowest BCUT2D eigenvalue weighted by Crippen LogP contribution is -2.31. The summed E-state index contributed by atoms with van der Waals surface area (Å²) in [5.41, 5.74) is 2.13. The van der Waals surface area contributed by atoms with Gasteiger partial charge in [-0.05, 0) is 31.5 Å². The number of hydrogen-bond donors (Lipinski definition) is 2. The van der Waals surface area contributed by atoms with Gasteiger partial charge in [0.05, 0.1) is 12.5 Å². The number of carbonyl (C=O) groups excluding carboxylic acids is 1. The highest BCUT2D eigenvalue weighted by Crippen LogP contribution is 2.20. The summed E-state index contributed by atoms with van der Waals surface area (Å²) in [6.45, 7) is 5.28. The van der Waals surface area contributed by atoms with Crippen LogP contribution in [0, 0.1) is 12.8 Å². The lowest BCUT2D eigenvalue weighted by molar-refractivity contribution is -0.124. The van der Waals surface area contributed by atoms with E-state index in [0.717, 1.165) is 36.4 Å². The van der Waals surface area contributed by atoms with Crippen LogP contribution < -0.4 is 15.4 Å². The van der Waals surface area contributed by atoms with Gasteiger partial charge >= 0.3 is 0 Å². The summed E-state index contributed by atoms with van der Waals surface area (Å²) in [5.74, 6) is 1.02. The molecule has 1 aromatic carbocycles. The average molecular weight is 329 g/mol. The Bertz CT molecular complexity index is 476. The van der Waals surface area contributed by atoms with Crippen molar-refractivity contribution in [3.05, 3.63) is 29.3 Å². The van der Waals surface area contributed by atoms with Gasteiger partial charge in [0, 0.05) is 25.8 Å². The molecule has 1 amide bonds. The van der Waals surface area contributed by atoms with Gasteiger partial charge in [-0.25, -0.2) is 0 Å². The van der Waals surface area contributed by atoms with E-state index in [-0.39, 0.29) is 24.2 Å². The van der Waals surface area contributed by atoms with E-state index in [0.29, 0.717) is 19.8 Å².